The monoisotopic (exact) mass is 164 g/mol. The standard InChI is InChI=1S/C4H8N2OS2/c5-3(1-8)4(7)6-2-9/h2-3,8H,1,5H2,(H,6,7,9)/t3-/m0/s1. The molecule has 0 aromatic heterocycles. The number of thiocarbonyl (C=S) groups is 1. The molecule has 3 N–H and O–H groups in total. The zero-order chi connectivity index (χ0) is 7.28. The molecule has 9 heavy (non-hydrogen) atoms. The van der Waals surface area contributed by atoms with Crippen LogP contribution in [-0.2, 0) is 4.79 Å². The Kier molecular flexibility index (Phi) is 4.65. The number of carbonyl (C=O) groups is 1. The molecule has 0 radical (unpaired) electrons. The first-order chi connectivity index (χ1) is 4.22. The van der Waals surface area contributed by atoms with Crippen molar-refractivity contribution in [1.82, 2.24) is 5.32 Å². The first kappa shape index (κ1) is 8.87. The summed E-state index contributed by atoms with van der Waals surface area (Å²) in [7, 11) is 0. The van der Waals surface area contributed by atoms with Gasteiger partial charge in [-0.1, -0.05) is 12.2 Å². The summed E-state index contributed by atoms with van der Waals surface area (Å²) in [5, 5.41) is 2.27. The Labute approximate surface area is 64.4 Å². The molecule has 0 fully saturated rings. The van der Waals surface area contributed by atoms with E-state index in [0.29, 0.717) is 5.75 Å². The Morgan fingerprint density at radius 1 is 2.00 bits per heavy atom. The van der Waals surface area contributed by atoms with Crippen LogP contribution in [0.15, 0.2) is 0 Å². The van der Waals surface area contributed by atoms with Gasteiger partial charge in [-0.3, -0.25) is 4.79 Å². The third-order valence-electron chi connectivity index (χ3n) is 0.735. The summed E-state index contributed by atoms with van der Waals surface area (Å²) < 4.78 is 0. The molecule has 0 heterocycles. The maximum Gasteiger partial charge on any atom is 0.242 e. The number of rotatable bonds is 3. The topological polar surface area (TPSA) is 55.1 Å². The molecule has 0 spiro atoms. The van der Waals surface area contributed by atoms with Gasteiger partial charge in [0.15, 0.2) is 0 Å². The van der Waals surface area contributed by atoms with Crippen LogP contribution in [0.3, 0.4) is 0 Å². The van der Waals surface area contributed by atoms with Crippen LogP contribution in [0, 0.1) is 0 Å². The second-order valence-corrected chi connectivity index (χ2v) is 2.02. The number of thiol groups is 1. The number of hydrogen-bond donors (Lipinski definition) is 3. The molecule has 0 aliphatic rings. The van der Waals surface area contributed by atoms with E-state index in [0.717, 1.165) is 5.49 Å². The molecule has 0 aromatic carbocycles. The number of carbonyl (C=O) groups excluding carboxylic acids is 1. The summed E-state index contributed by atoms with van der Waals surface area (Å²) in [5.74, 6) is 0.0367. The molecular weight excluding hydrogens is 156 g/mol. The molecular formula is C4H8N2OS2. The summed E-state index contributed by atoms with van der Waals surface area (Å²) in [6.45, 7) is 0. The molecule has 0 aromatic rings. The quantitative estimate of drug-likeness (QED) is 0.382. The van der Waals surface area contributed by atoms with Gasteiger partial charge in [-0.05, 0) is 0 Å². The van der Waals surface area contributed by atoms with E-state index >= 15 is 0 Å². The fraction of sp³-hybridized carbons (Fsp3) is 0.500. The highest BCUT2D eigenvalue weighted by Gasteiger charge is 2.07. The predicted octanol–water partition coefficient (Wildman–Crippen LogP) is -0.683. The van der Waals surface area contributed by atoms with Crippen molar-refractivity contribution >= 4 is 36.2 Å². The summed E-state index contributed by atoms with van der Waals surface area (Å²) in [6.07, 6.45) is 0. The van der Waals surface area contributed by atoms with Crippen molar-refractivity contribution in [3.63, 3.8) is 0 Å². The van der Waals surface area contributed by atoms with Crippen LogP contribution in [0.2, 0.25) is 0 Å². The normalized spacial score (nSPS) is 12.2. The van der Waals surface area contributed by atoms with E-state index in [1.807, 2.05) is 0 Å². The van der Waals surface area contributed by atoms with Crippen LogP contribution in [0.1, 0.15) is 0 Å². The van der Waals surface area contributed by atoms with Crippen molar-refractivity contribution in [3.8, 4) is 0 Å². The largest absolute Gasteiger partial charge is 0.322 e. The highest BCUT2D eigenvalue weighted by molar-refractivity contribution is 7.80. The van der Waals surface area contributed by atoms with E-state index in [1.54, 1.807) is 0 Å². The number of amides is 1. The molecule has 0 unspecified atom stereocenters. The van der Waals surface area contributed by atoms with Gasteiger partial charge in [0.25, 0.3) is 0 Å². The lowest BCUT2D eigenvalue weighted by Crippen LogP contribution is -2.40. The average Bonchev–Trinajstić information content (AvgIpc) is 1.87. The van der Waals surface area contributed by atoms with Crippen LogP contribution in [0.25, 0.3) is 0 Å². The molecule has 0 rings (SSSR count). The Morgan fingerprint density at radius 2 is 2.56 bits per heavy atom. The third kappa shape index (κ3) is 3.45. The van der Waals surface area contributed by atoms with Crippen LogP contribution in [-0.4, -0.2) is 23.2 Å². The van der Waals surface area contributed by atoms with E-state index in [9.17, 15) is 4.79 Å². The van der Waals surface area contributed by atoms with Crippen molar-refractivity contribution in [2.75, 3.05) is 5.75 Å². The third-order valence-corrected chi connectivity index (χ3v) is 1.25. The van der Waals surface area contributed by atoms with E-state index in [-0.39, 0.29) is 5.91 Å². The van der Waals surface area contributed by atoms with Gasteiger partial charge in [-0.2, -0.15) is 12.6 Å². The van der Waals surface area contributed by atoms with Crippen LogP contribution in [0.5, 0.6) is 0 Å². The molecule has 0 saturated carbocycles. The van der Waals surface area contributed by atoms with Crippen LogP contribution >= 0.6 is 24.8 Å². The second kappa shape index (κ2) is 4.72. The molecule has 52 valence electrons. The predicted molar refractivity (Wildman–Crippen MR) is 43.6 cm³/mol. The van der Waals surface area contributed by atoms with E-state index in [1.165, 1.54) is 0 Å². The highest BCUT2D eigenvalue weighted by Crippen LogP contribution is 1.80. The molecule has 1 atom stereocenters. The average molecular weight is 164 g/mol. The molecule has 5 heteroatoms. The van der Waals surface area contributed by atoms with Gasteiger partial charge in [-0.15, -0.1) is 0 Å². The van der Waals surface area contributed by atoms with E-state index < -0.39 is 6.04 Å². The summed E-state index contributed by atoms with van der Waals surface area (Å²) >= 11 is 8.17. The van der Waals surface area contributed by atoms with Gasteiger partial charge in [0, 0.05) is 5.75 Å². The summed E-state index contributed by atoms with van der Waals surface area (Å²) in [4.78, 5) is 10.6. The van der Waals surface area contributed by atoms with Crippen LogP contribution in [0.4, 0.5) is 0 Å². The smallest absolute Gasteiger partial charge is 0.242 e. The maximum absolute atomic E-state index is 10.6. The molecule has 0 aliphatic heterocycles. The van der Waals surface area contributed by atoms with Crippen LogP contribution < -0.4 is 11.1 Å². The fourth-order valence-corrected chi connectivity index (χ4v) is 0.530. The van der Waals surface area contributed by atoms with Gasteiger partial charge in [-0.25, -0.2) is 0 Å². The lowest BCUT2D eigenvalue weighted by atomic mass is 10.3. The SMILES string of the molecule is N[C@@H](CS)C(=O)NC=S. The molecule has 0 bridgehead atoms. The fourth-order valence-electron chi connectivity index (χ4n) is 0.248. The Balaban J connectivity index is 3.58. The Morgan fingerprint density at radius 3 is 2.89 bits per heavy atom. The minimum Gasteiger partial charge on any atom is -0.322 e. The van der Waals surface area contributed by atoms with Crippen molar-refractivity contribution in [2.45, 2.75) is 6.04 Å². The van der Waals surface area contributed by atoms with Crippen molar-refractivity contribution < 1.29 is 4.79 Å². The Hall–Kier alpha value is -0.130. The summed E-state index contributed by atoms with van der Waals surface area (Å²) in [6, 6.07) is -0.562. The molecule has 3 nitrogen and oxygen atoms in total. The van der Waals surface area contributed by atoms with Crippen molar-refractivity contribution in [3.05, 3.63) is 0 Å². The maximum atomic E-state index is 10.6. The summed E-state index contributed by atoms with van der Waals surface area (Å²) in [5.41, 5.74) is 6.38. The highest BCUT2D eigenvalue weighted by atomic mass is 32.1. The van der Waals surface area contributed by atoms with Gasteiger partial charge in [0.1, 0.15) is 0 Å². The number of nitrogens with two attached hydrogens (primary N) is 1. The van der Waals surface area contributed by atoms with Crippen molar-refractivity contribution in [1.29, 1.82) is 0 Å². The van der Waals surface area contributed by atoms with E-state index in [2.05, 4.69) is 30.2 Å². The zero-order valence-corrected chi connectivity index (χ0v) is 6.41. The molecule has 0 aliphatic carbocycles. The van der Waals surface area contributed by atoms with Gasteiger partial charge in [0.2, 0.25) is 5.91 Å². The Bertz CT molecular complexity index is 117. The van der Waals surface area contributed by atoms with Gasteiger partial charge >= 0.3 is 0 Å². The lowest BCUT2D eigenvalue weighted by Gasteiger charge is -2.03. The zero-order valence-electron chi connectivity index (χ0n) is 4.70. The minimum absolute atomic E-state index is 0.292. The minimum atomic E-state index is -0.562. The molecule has 0 saturated heterocycles. The first-order valence-electron chi connectivity index (χ1n) is 2.32. The van der Waals surface area contributed by atoms with E-state index in [4.69, 9.17) is 5.73 Å². The first-order valence-corrected chi connectivity index (χ1v) is 3.43. The second-order valence-electron chi connectivity index (χ2n) is 1.42. The lowest BCUT2D eigenvalue weighted by molar-refractivity contribution is -0.120. The van der Waals surface area contributed by atoms with Gasteiger partial charge in [0.05, 0.1) is 11.5 Å². The van der Waals surface area contributed by atoms with Gasteiger partial charge < -0.3 is 11.1 Å². The molecule has 1 amide bonds. The number of hydrogen-bond acceptors (Lipinski definition) is 4. The van der Waals surface area contributed by atoms with Crippen molar-refractivity contribution in [2.24, 2.45) is 5.73 Å². The number of nitrogens with one attached hydrogen (secondary N) is 1.